The van der Waals surface area contributed by atoms with Gasteiger partial charge in [0.1, 0.15) is 6.61 Å². The highest BCUT2D eigenvalue weighted by molar-refractivity contribution is 5.70. The Morgan fingerprint density at radius 3 is 1.26 bits per heavy atom. The molecule has 0 radical (unpaired) electrons. The van der Waals surface area contributed by atoms with E-state index in [0.29, 0.717) is 19.4 Å². The summed E-state index contributed by atoms with van der Waals surface area (Å²) in [6, 6.07) is 0. The smallest absolute Gasteiger partial charge is 0.306 e. The first-order valence-corrected chi connectivity index (χ1v) is 25.8. The Morgan fingerprint density at radius 1 is 0.371 bits per heavy atom. The molecule has 0 fully saturated rings. The van der Waals surface area contributed by atoms with Crippen molar-refractivity contribution in [1.82, 2.24) is 0 Å². The van der Waals surface area contributed by atoms with E-state index in [4.69, 9.17) is 14.2 Å². The summed E-state index contributed by atoms with van der Waals surface area (Å²) in [6.07, 6.45) is 69.9. The van der Waals surface area contributed by atoms with Gasteiger partial charge in [-0.25, -0.2) is 0 Å². The second kappa shape index (κ2) is 52.2. The maximum atomic E-state index is 12.8. The van der Waals surface area contributed by atoms with Gasteiger partial charge in [-0.2, -0.15) is 0 Å². The standard InChI is InChI=1S/C57H96O5/c1-4-7-10-13-16-19-22-25-27-28-29-31-34-37-40-43-46-49-52-60-53-55(62-57(59)51-48-45-42-39-36-32-24-21-18-15-12-9-6-3)54-61-56(58)50-47-44-41-38-35-33-30-26-23-20-17-14-11-8-5-2/h8,11-12,15-17,19-21,24-27,30,35,38,55H,4-7,9-10,13-14,18,22-23,28-29,31-34,36-37,39-54H2,1-3H3/b11-8-,15-12-,19-16-,20-17-,24-21-,27-25-,30-26-,38-35-. The van der Waals surface area contributed by atoms with Crippen molar-refractivity contribution >= 4 is 11.9 Å². The molecule has 0 bridgehead atoms. The van der Waals surface area contributed by atoms with E-state index in [1.54, 1.807) is 0 Å². The number of allylic oxidation sites excluding steroid dienone is 16. The molecule has 5 heteroatoms. The van der Waals surface area contributed by atoms with E-state index in [9.17, 15) is 9.59 Å². The van der Waals surface area contributed by atoms with E-state index in [0.717, 1.165) is 103 Å². The van der Waals surface area contributed by atoms with E-state index in [1.165, 1.54) is 89.9 Å². The third-order valence-corrected chi connectivity index (χ3v) is 10.6. The highest BCUT2D eigenvalue weighted by Crippen LogP contribution is 2.13. The normalized spacial score (nSPS) is 13.0. The molecule has 0 aromatic heterocycles. The Kier molecular flexibility index (Phi) is 49.5. The Balaban J connectivity index is 4.36. The zero-order chi connectivity index (χ0) is 44.9. The molecule has 0 saturated carbocycles. The first kappa shape index (κ1) is 58.8. The highest BCUT2D eigenvalue weighted by atomic mass is 16.6. The molecule has 0 aromatic rings. The molecule has 0 aliphatic rings. The quantitative estimate of drug-likeness (QED) is 0.0347. The van der Waals surface area contributed by atoms with Crippen LogP contribution < -0.4 is 0 Å². The molecule has 0 spiro atoms. The first-order chi connectivity index (χ1) is 30.6. The molecule has 354 valence electrons. The van der Waals surface area contributed by atoms with Gasteiger partial charge in [0.05, 0.1) is 6.61 Å². The van der Waals surface area contributed by atoms with E-state index < -0.39 is 6.10 Å². The molecule has 5 nitrogen and oxygen atoms in total. The number of esters is 2. The van der Waals surface area contributed by atoms with Gasteiger partial charge in [-0.05, 0) is 116 Å². The summed E-state index contributed by atoms with van der Waals surface area (Å²) >= 11 is 0. The van der Waals surface area contributed by atoms with Crippen molar-refractivity contribution in [2.75, 3.05) is 19.8 Å². The minimum atomic E-state index is -0.568. The molecule has 0 aliphatic heterocycles. The summed E-state index contributed by atoms with van der Waals surface area (Å²) < 4.78 is 17.4. The van der Waals surface area contributed by atoms with E-state index in [-0.39, 0.29) is 25.2 Å². The zero-order valence-electron chi connectivity index (χ0n) is 40.6. The summed E-state index contributed by atoms with van der Waals surface area (Å²) in [5.74, 6) is -0.468. The highest BCUT2D eigenvalue weighted by Gasteiger charge is 2.17. The predicted octanol–water partition coefficient (Wildman–Crippen LogP) is 17.5. The third kappa shape index (κ3) is 49.5. The third-order valence-electron chi connectivity index (χ3n) is 10.6. The SMILES string of the molecule is CC/C=C\C/C=C\C/C=C\C/C=C\CCCCC(=O)OCC(COCCCCCCCCCC/C=C\C/C=C\CCCCC)OC(=O)CCCCCCC/C=C\C/C=C\CCC. The number of hydrogen-bond donors (Lipinski definition) is 0. The maximum absolute atomic E-state index is 12.8. The van der Waals surface area contributed by atoms with Gasteiger partial charge < -0.3 is 14.2 Å². The Hall–Kier alpha value is -3.18. The minimum absolute atomic E-state index is 0.0509. The van der Waals surface area contributed by atoms with Crippen LogP contribution in [0, 0.1) is 0 Å². The van der Waals surface area contributed by atoms with Crippen LogP contribution in [0.5, 0.6) is 0 Å². The van der Waals surface area contributed by atoms with Gasteiger partial charge in [-0.1, -0.05) is 195 Å². The van der Waals surface area contributed by atoms with Crippen LogP contribution in [0.15, 0.2) is 97.2 Å². The summed E-state index contributed by atoms with van der Waals surface area (Å²) in [4.78, 5) is 25.4. The predicted molar refractivity (Wildman–Crippen MR) is 270 cm³/mol. The molecule has 1 atom stereocenters. The summed E-state index contributed by atoms with van der Waals surface area (Å²) in [5.41, 5.74) is 0. The van der Waals surface area contributed by atoms with Crippen LogP contribution in [-0.4, -0.2) is 37.9 Å². The molecule has 1 unspecified atom stereocenters. The van der Waals surface area contributed by atoms with Crippen molar-refractivity contribution in [2.24, 2.45) is 0 Å². The van der Waals surface area contributed by atoms with Crippen LogP contribution in [0.25, 0.3) is 0 Å². The molecular weight excluding hydrogens is 765 g/mol. The maximum Gasteiger partial charge on any atom is 0.306 e. The fourth-order valence-corrected chi connectivity index (χ4v) is 6.74. The number of carbonyl (C=O) groups excluding carboxylic acids is 2. The lowest BCUT2D eigenvalue weighted by atomic mass is 10.1. The molecule has 0 aromatic carbocycles. The summed E-state index contributed by atoms with van der Waals surface area (Å²) in [6.45, 7) is 7.55. The van der Waals surface area contributed by atoms with Crippen molar-refractivity contribution in [3.8, 4) is 0 Å². The fraction of sp³-hybridized carbons (Fsp3) is 0.684. The van der Waals surface area contributed by atoms with Crippen LogP contribution in [0.1, 0.15) is 226 Å². The second-order valence-corrected chi connectivity index (χ2v) is 16.7. The monoisotopic (exact) mass is 861 g/mol. The number of ether oxygens (including phenoxy) is 3. The van der Waals surface area contributed by atoms with Crippen LogP contribution in [0.2, 0.25) is 0 Å². The van der Waals surface area contributed by atoms with Gasteiger partial charge in [0.2, 0.25) is 0 Å². The number of unbranched alkanes of at least 4 members (excludes halogenated alkanes) is 19. The van der Waals surface area contributed by atoms with E-state index >= 15 is 0 Å². The molecule has 0 rings (SSSR count). The molecule has 0 heterocycles. The lowest BCUT2D eigenvalue weighted by Gasteiger charge is -2.18. The first-order valence-electron chi connectivity index (χ1n) is 25.8. The molecular formula is C57H96O5. The molecule has 0 N–H and O–H groups in total. The van der Waals surface area contributed by atoms with Gasteiger partial charge in [0.15, 0.2) is 6.10 Å². The molecule has 62 heavy (non-hydrogen) atoms. The van der Waals surface area contributed by atoms with Crippen LogP contribution in [0.4, 0.5) is 0 Å². The van der Waals surface area contributed by atoms with Gasteiger partial charge in [-0.3, -0.25) is 9.59 Å². The average Bonchev–Trinajstić information content (AvgIpc) is 3.27. The number of rotatable bonds is 46. The number of carbonyl (C=O) groups is 2. The number of hydrogen-bond acceptors (Lipinski definition) is 5. The van der Waals surface area contributed by atoms with Crippen molar-refractivity contribution < 1.29 is 23.8 Å². The van der Waals surface area contributed by atoms with Crippen molar-refractivity contribution in [3.05, 3.63) is 97.2 Å². The summed E-state index contributed by atoms with van der Waals surface area (Å²) in [7, 11) is 0. The van der Waals surface area contributed by atoms with Crippen molar-refractivity contribution in [1.29, 1.82) is 0 Å². The van der Waals surface area contributed by atoms with Gasteiger partial charge in [0.25, 0.3) is 0 Å². The largest absolute Gasteiger partial charge is 0.462 e. The van der Waals surface area contributed by atoms with E-state index in [2.05, 4.69) is 118 Å². The van der Waals surface area contributed by atoms with Gasteiger partial charge in [0, 0.05) is 19.4 Å². The Bertz CT molecular complexity index is 1200. The van der Waals surface area contributed by atoms with E-state index in [1.807, 2.05) is 0 Å². The van der Waals surface area contributed by atoms with Crippen LogP contribution in [-0.2, 0) is 23.8 Å². The Labute approximate surface area is 383 Å². The second-order valence-electron chi connectivity index (χ2n) is 16.7. The Morgan fingerprint density at radius 2 is 0.758 bits per heavy atom. The zero-order valence-corrected chi connectivity index (χ0v) is 40.6. The topological polar surface area (TPSA) is 61.8 Å². The van der Waals surface area contributed by atoms with Gasteiger partial charge >= 0.3 is 11.9 Å². The lowest BCUT2D eigenvalue weighted by molar-refractivity contribution is -0.163. The fourth-order valence-electron chi connectivity index (χ4n) is 6.74. The van der Waals surface area contributed by atoms with Gasteiger partial charge in [-0.15, -0.1) is 0 Å². The molecule has 0 saturated heterocycles. The van der Waals surface area contributed by atoms with Crippen molar-refractivity contribution in [2.45, 2.75) is 232 Å². The van der Waals surface area contributed by atoms with Crippen LogP contribution >= 0.6 is 0 Å². The minimum Gasteiger partial charge on any atom is -0.462 e. The van der Waals surface area contributed by atoms with Crippen molar-refractivity contribution in [3.63, 3.8) is 0 Å². The lowest BCUT2D eigenvalue weighted by Crippen LogP contribution is -2.30. The molecule has 0 aliphatic carbocycles. The van der Waals surface area contributed by atoms with Crippen LogP contribution in [0.3, 0.4) is 0 Å². The summed E-state index contributed by atoms with van der Waals surface area (Å²) in [5, 5.41) is 0. The molecule has 0 amide bonds. The average molecular weight is 861 g/mol.